The number of phenolic OH excluding ortho intramolecular Hbond substituents is 1. The first-order valence-electron chi connectivity index (χ1n) is 15.4. The summed E-state index contributed by atoms with van der Waals surface area (Å²) in [5.74, 6) is -0.751. The minimum Gasteiger partial charge on any atom is -0.508 e. The van der Waals surface area contributed by atoms with E-state index < -0.39 is 11.4 Å². The molecular formula is C36H34FN5O4. The standard InChI is InChI=1S/C36H34FN5O4/c1-6-29(44)40-17-23-18-46-34-33(41(23)16-21(40)5)27-15-28(37)31(26-14-24(43)13-22-9-7-8-10-25(22)26)39-35(27)42(36(34)45)32-20(4)11-12-38-30(32)19(2)3/h6-15,19,21,23,43H,1,16-18H2,2-5H3. The molecule has 2 aliphatic heterocycles. The fourth-order valence-corrected chi connectivity index (χ4v) is 6.89. The number of hydrogen-bond donors (Lipinski definition) is 1. The number of aromatic hydroxyl groups is 1. The molecule has 1 fully saturated rings. The monoisotopic (exact) mass is 619 g/mol. The first-order valence-corrected chi connectivity index (χ1v) is 15.4. The molecule has 5 heterocycles. The predicted octanol–water partition coefficient (Wildman–Crippen LogP) is 5.86. The molecule has 0 radical (unpaired) electrons. The molecule has 5 aromatic rings. The number of fused-ring (bicyclic) bond motifs is 6. The van der Waals surface area contributed by atoms with E-state index in [-0.39, 0.29) is 53.4 Å². The fourth-order valence-electron chi connectivity index (χ4n) is 6.89. The number of pyridine rings is 3. The van der Waals surface area contributed by atoms with Crippen LogP contribution >= 0.6 is 0 Å². The smallest absolute Gasteiger partial charge is 0.301 e. The Hall–Kier alpha value is -5.25. The number of anilines is 1. The van der Waals surface area contributed by atoms with Crippen LogP contribution in [0.3, 0.4) is 0 Å². The van der Waals surface area contributed by atoms with Gasteiger partial charge in [0, 0.05) is 36.3 Å². The summed E-state index contributed by atoms with van der Waals surface area (Å²) in [7, 11) is 0. The molecule has 2 unspecified atom stereocenters. The van der Waals surface area contributed by atoms with Gasteiger partial charge in [-0.15, -0.1) is 0 Å². The number of nitrogens with zero attached hydrogens (tertiary/aromatic N) is 5. The number of piperazine rings is 1. The molecule has 7 rings (SSSR count). The van der Waals surface area contributed by atoms with Crippen molar-refractivity contribution in [2.24, 2.45) is 0 Å². The van der Waals surface area contributed by atoms with E-state index >= 15 is 4.39 Å². The average molecular weight is 620 g/mol. The molecule has 1 amide bonds. The summed E-state index contributed by atoms with van der Waals surface area (Å²) >= 11 is 0. The third kappa shape index (κ3) is 4.50. The fraction of sp³-hybridized carbons (Fsp3) is 0.278. The Balaban J connectivity index is 1.57. The van der Waals surface area contributed by atoms with Crippen molar-refractivity contribution in [2.45, 2.75) is 45.7 Å². The van der Waals surface area contributed by atoms with Crippen molar-refractivity contribution in [2.75, 3.05) is 24.6 Å². The normalized spacial score (nSPS) is 17.6. The van der Waals surface area contributed by atoms with Crippen LogP contribution in [0.2, 0.25) is 0 Å². The van der Waals surface area contributed by atoms with Gasteiger partial charge in [-0.3, -0.25) is 19.1 Å². The summed E-state index contributed by atoms with van der Waals surface area (Å²) < 4.78 is 24.2. The summed E-state index contributed by atoms with van der Waals surface area (Å²) in [5.41, 5.74) is 2.74. The third-order valence-corrected chi connectivity index (χ3v) is 9.07. The van der Waals surface area contributed by atoms with Crippen LogP contribution in [0.5, 0.6) is 11.5 Å². The predicted molar refractivity (Wildman–Crippen MR) is 177 cm³/mol. The second-order valence-electron chi connectivity index (χ2n) is 12.4. The first kappa shape index (κ1) is 29.5. The number of hydrogen-bond acceptors (Lipinski definition) is 7. The number of ether oxygens (including phenoxy) is 1. The number of halogens is 1. The SMILES string of the molecule is C=CC(=O)N1CC2COc3c(c4cc(F)c(-c5cc(O)cc6ccccc56)nc4n(-c4c(C)ccnc4C(C)C)c3=O)N2CC1C. The van der Waals surface area contributed by atoms with E-state index in [1.165, 1.54) is 22.8 Å². The average Bonchev–Trinajstić information content (AvgIpc) is 3.04. The molecule has 2 aromatic carbocycles. The van der Waals surface area contributed by atoms with Gasteiger partial charge in [-0.05, 0) is 66.4 Å². The van der Waals surface area contributed by atoms with E-state index in [0.29, 0.717) is 46.5 Å². The zero-order valence-corrected chi connectivity index (χ0v) is 26.1. The van der Waals surface area contributed by atoms with Crippen molar-refractivity contribution in [3.63, 3.8) is 0 Å². The van der Waals surface area contributed by atoms with Crippen molar-refractivity contribution in [3.8, 4) is 28.4 Å². The highest BCUT2D eigenvalue weighted by Gasteiger charge is 2.41. The molecule has 3 aromatic heterocycles. The van der Waals surface area contributed by atoms with E-state index in [1.807, 2.05) is 58.0 Å². The van der Waals surface area contributed by atoms with Crippen molar-refractivity contribution in [1.82, 2.24) is 19.4 Å². The molecule has 0 saturated carbocycles. The van der Waals surface area contributed by atoms with Gasteiger partial charge in [-0.1, -0.05) is 44.7 Å². The minimum atomic E-state index is -0.613. The molecule has 2 atom stereocenters. The van der Waals surface area contributed by atoms with Crippen molar-refractivity contribution in [1.29, 1.82) is 0 Å². The molecule has 1 saturated heterocycles. The van der Waals surface area contributed by atoms with E-state index in [1.54, 1.807) is 17.2 Å². The number of aryl methyl sites for hydroxylation is 1. The third-order valence-electron chi connectivity index (χ3n) is 9.07. The highest BCUT2D eigenvalue weighted by atomic mass is 19.1. The molecule has 1 N–H and O–H groups in total. The van der Waals surface area contributed by atoms with Crippen LogP contribution in [0.1, 0.15) is 37.9 Å². The molecule has 234 valence electrons. The molecule has 9 nitrogen and oxygen atoms in total. The van der Waals surface area contributed by atoms with Gasteiger partial charge < -0.3 is 19.6 Å². The lowest BCUT2D eigenvalue weighted by Crippen LogP contribution is -2.62. The van der Waals surface area contributed by atoms with Crippen LogP contribution in [0.4, 0.5) is 10.1 Å². The van der Waals surface area contributed by atoms with Crippen LogP contribution in [0, 0.1) is 12.7 Å². The van der Waals surface area contributed by atoms with Gasteiger partial charge >= 0.3 is 5.56 Å². The quantitative estimate of drug-likeness (QED) is 0.252. The van der Waals surface area contributed by atoms with E-state index in [4.69, 9.17) is 9.72 Å². The first-order chi connectivity index (χ1) is 22.1. The van der Waals surface area contributed by atoms with Gasteiger partial charge in [-0.25, -0.2) is 9.37 Å². The number of rotatable bonds is 4. The maximum absolute atomic E-state index is 16.5. The zero-order valence-electron chi connectivity index (χ0n) is 26.1. The summed E-state index contributed by atoms with van der Waals surface area (Å²) in [5, 5.41) is 12.4. The van der Waals surface area contributed by atoms with Crippen LogP contribution in [0.15, 0.2) is 72.2 Å². The number of aromatic nitrogens is 3. The topological polar surface area (TPSA) is 101 Å². The Morgan fingerprint density at radius 3 is 2.67 bits per heavy atom. The number of carbonyl (C=O) groups is 1. The molecule has 0 bridgehead atoms. The lowest BCUT2D eigenvalue weighted by molar-refractivity contribution is -0.129. The molecule has 46 heavy (non-hydrogen) atoms. The molecule has 10 heteroatoms. The Morgan fingerprint density at radius 1 is 1.13 bits per heavy atom. The maximum atomic E-state index is 16.5. The van der Waals surface area contributed by atoms with Gasteiger partial charge in [0.2, 0.25) is 11.7 Å². The lowest BCUT2D eigenvalue weighted by atomic mass is 9.99. The summed E-state index contributed by atoms with van der Waals surface area (Å²) in [4.78, 5) is 40.6. The Kier molecular flexibility index (Phi) is 7.03. The van der Waals surface area contributed by atoms with Crippen LogP contribution in [0.25, 0.3) is 38.8 Å². The highest BCUT2D eigenvalue weighted by Crippen LogP contribution is 2.43. The zero-order chi connectivity index (χ0) is 32.4. The van der Waals surface area contributed by atoms with Crippen molar-refractivity contribution in [3.05, 3.63) is 94.8 Å². The molecule has 0 aliphatic carbocycles. The Labute approximate surface area is 265 Å². The van der Waals surface area contributed by atoms with Gasteiger partial charge in [0.05, 0.1) is 23.1 Å². The lowest BCUT2D eigenvalue weighted by Gasteiger charge is -2.48. The molecular weight excluding hydrogens is 585 g/mol. The number of phenols is 1. The molecule has 0 spiro atoms. The second-order valence-corrected chi connectivity index (χ2v) is 12.4. The van der Waals surface area contributed by atoms with Gasteiger partial charge in [0.1, 0.15) is 23.9 Å². The van der Waals surface area contributed by atoms with Crippen LogP contribution in [-0.4, -0.2) is 62.2 Å². The van der Waals surface area contributed by atoms with Crippen LogP contribution in [-0.2, 0) is 4.79 Å². The van der Waals surface area contributed by atoms with E-state index in [0.717, 1.165) is 10.9 Å². The largest absolute Gasteiger partial charge is 0.508 e. The van der Waals surface area contributed by atoms with Crippen molar-refractivity contribution < 1.29 is 19.0 Å². The van der Waals surface area contributed by atoms with Crippen molar-refractivity contribution >= 4 is 33.4 Å². The summed E-state index contributed by atoms with van der Waals surface area (Å²) in [6, 6.07) is 13.3. The van der Waals surface area contributed by atoms with Gasteiger partial charge in [-0.2, -0.15) is 0 Å². The number of carbonyl (C=O) groups excluding carboxylic acids is 1. The van der Waals surface area contributed by atoms with Gasteiger partial charge in [0.15, 0.2) is 5.65 Å². The van der Waals surface area contributed by atoms with Gasteiger partial charge in [0.25, 0.3) is 0 Å². The van der Waals surface area contributed by atoms with E-state index in [9.17, 15) is 14.7 Å². The second kappa shape index (κ2) is 11.0. The van der Waals surface area contributed by atoms with E-state index in [2.05, 4.69) is 16.5 Å². The minimum absolute atomic E-state index is 0.00313. The Morgan fingerprint density at radius 2 is 1.91 bits per heavy atom. The summed E-state index contributed by atoms with van der Waals surface area (Å²) in [6.07, 6.45) is 3.01. The number of amides is 1. The number of benzene rings is 2. The van der Waals surface area contributed by atoms with Crippen LogP contribution < -0.4 is 15.2 Å². The maximum Gasteiger partial charge on any atom is 0.301 e. The highest BCUT2D eigenvalue weighted by molar-refractivity contribution is 6.00. The Bertz CT molecular complexity index is 2140. The molecule has 2 aliphatic rings. The summed E-state index contributed by atoms with van der Waals surface area (Å²) in [6.45, 7) is 12.4.